The average molecular weight is 316 g/mol. The van der Waals surface area contributed by atoms with Crippen LogP contribution in [0.2, 0.25) is 0 Å². The fraction of sp³-hybridized carbons (Fsp3) is 0.333. The van der Waals surface area contributed by atoms with E-state index in [-0.39, 0.29) is 24.1 Å². The Labute approximate surface area is 132 Å². The summed E-state index contributed by atoms with van der Waals surface area (Å²) in [5, 5.41) is 14.5. The lowest BCUT2D eigenvalue weighted by atomic mass is 10.1. The number of ether oxygens (including phenoxy) is 1. The summed E-state index contributed by atoms with van der Waals surface area (Å²) in [6.07, 6.45) is 2.71. The molecule has 1 aromatic carbocycles. The Bertz CT molecular complexity index is 743. The molecule has 2 heterocycles. The summed E-state index contributed by atoms with van der Waals surface area (Å²) in [7, 11) is 0. The predicted molar refractivity (Wildman–Crippen MR) is 82.4 cm³/mol. The van der Waals surface area contributed by atoms with Crippen molar-refractivity contribution in [2.45, 2.75) is 25.9 Å². The van der Waals surface area contributed by atoms with Crippen LogP contribution in [-0.4, -0.2) is 33.3 Å². The lowest BCUT2D eigenvalue weighted by Crippen LogP contribution is -2.45. The molecule has 0 bridgehead atoms. The Morgan fingerprint density at radius 3 is 3.00 bits per heavy atom. The van der Waals surface area contributed by atoms with Gasteiger partial charge in [-0.2, -0.15) is 5.10 Å². The number of hydrogen-bond donors (Lipinski definition) is 0. The molecule has 0 spiro atoms. The topological polar surface area (TPSA) is 90.5 Å². The molecule has 23 heavy (non-hydrogen) atoms. The molecule has 0 saturated carbocycles. The summed E-state index contributed by atoms with van der Waals surface area (Å²) in [6.45, 7) is 2.65. The highest BCUT2D eigenvalue weighted by Gasteiger charge is 2.28. The molecule has 8 heteroatoms. The number of nitrogens with zero attached hydrogens (tertiary/aromatic N) is 4. The first kappa shape index (κ1) is 15.0. The van der Waals surface area contributed by atoms with Gasteiger partial charge >= 0.3 is 5.69 Å². The minimum absolute atomic E-state index is 0.0635. The zero-order chi connectivity index (χ0) is 16.4. The molecule has 3 rings (SSSR count). The maximum Gasteiger partial charge on any atom is 0.306 e. The van der Waals surface area contributed by atoms with Gasteiger partial charge in [-0.1, -0.05) is 12.1 Å². The number of amides is 1. The van der Waals surface area contributed by atoms with Crippen molar-refractivity contribution >= 4 is 17.3 Å². The van der Waals surface area contributed by atoms with Gasteiger partial charge in [-0.15, -0.1) is 0 Å². The molecule has 0 unspecified atom stereocenters. The molecule has 1 aliphatic rings. The number of nitro groups is 1. The first-order valence-electron chi connectivity index (χ1n) is 7.27. The van der Waals surface area contributed by atoms with E-state index in [0.29, 0.717) is 18.9 Å². The standard InChI is InChI=1S/C15H16N4O4/c1-11-10-23-14-5-3-2-4-13(14)18(11)15(20)6-7-17-9-12(8-16-17)19(21)22/h2-5,8-9,11H,6-7,10H2,1H3/t11-/m1/s1. The minimum atomic E-state index is -0.508. The number of aryl methyl sites for hydroxylation is 1. The Kier molecular flexibility index (Phi) is 3.96. The van der Waals surface area contributed by atoms with Crippen LogP contribution in [0, 0.1) is 10.1 Å². The summed E-state index contributed by atoms with van der Waals surface area (Å²) < 4.78 is 7.03. The summed E-state index contributed by atoms with van der Waals surface area (Å²) in [4.78, 5) is 24.4. The van der Waals surface area contributed by atoms with Gasteiger partial charge in [-0.3, -0.25) is 19.6 Å². The molecule has 1 atom stereocenters. The highest BCUT2D eigenvalue weighted by Crippen LogP contribution is 2.33. The monoisotopic (exact) mass is 316 g/mol. The Morgan fingerprint density at radius 1 is 1.48 bits per heavy atom. The third-order valence-electron chi connectivity index (χ3n) is 3.70. The normalized spacial score (nSPS) is 16.6. The Morgan fingerprint density at radius 2 is 2.26 bits per heavy atom. The van der Waals surface area contributed by atoms with Gasteiger partial charge in [0.2, 0.25) is 5.91 Å². The van der Waals surface area contributed by atoms with E-state index < -0.39 is 4.92 Å². The molecule has 0 radical (unpaired) electrons. The van der Waals surface area contributed by atoms with Crippen molar-refractivity contribution in [2.75, 3.05) is 11.5 Å². The maximum absolute atomic E-state index is 12.6. The molecule has 1 aliphatic heterocycles. The van der Waals surface area contributed by atoms with E-state index in [0.717, 1.165) is 5.69 Å². The zero-order valence-electron chi connectivity index (χ0n) is 12.6. The van der Waals surface area contributed by atoms with Crippen LogP contribution in [0.25, 0.3) is 0 Å². The van der Waals surface area contributed by atoms with Gasteiger partial charge in [0.25, 0.3) is 0 Å². The number of aromatic nitrogens is 2. The van der Waals surface area contributed by atoms with Gasteiger partial charge in [-0.05, 0) is 19.1 Å². The third kappa shape index (κ3) is 3.01. The van der Waals surface area contributed by atoms with Crippen LogP contribution in [0.3, 0.4) is 0 Å². The number of carbonyl (C=O) groups is 1. The lowest BCUT2D eigenvalue weighted by Gasteiger charge is -2.35. The van der Waals surface area contributed by atoms with Crippen LogP contribution < -0.4 is 9.64 Å². The summed E-state index contributed by atoms with van der Waals surface area (Å²) >= 11 is 0. The highest BCUT2D eigenvalue weighted by molar-refractivity contribution is 5.95. The van der Waals surface area contributed by atoms with E-state index in [9.17, 15) is 14.9 Å². The SMILES string of the molecule is C[C@@H]1COc2ccccc2N1C(=O)CCn1cc([N+](=O)[O-])cn1. The second-order valence-electron chi connectivity index (χ2n) is 5.36. The number of para-hydroxylation sites is 2. The molecule has 0 fully saturated rings. The fourth-order valence-electron chi connectivity index (χ4n) is 2.58. The van der Waals surface area contributed by atoms with Crippen LogP contribution in [0.4, 0.5) is 11.4 Å². The molecule has 1 aromatic heterocycles. The summed E-state index contributed by atoms with van der Waals surface area (Å²) in [5.41, 5.74) is 0.672. The quantitative estimate of drug-likeness (QED) is 0.635. The van der Waals surface area contributed by atoms with E-state index >= 15 is 0 Å². The van der Waals surface area contributed by atoms with E-state index in [1.807, 2.05) is 31.2 Å². The van der Waals surface area contributed by atoms with Crippen molar-refractivity contribution in [3.63, 3.8) is 0 Å². The van der Waals surface area contributed by atoms with Crippen LogP contribution in [0.1, 0.15) is 13.3 Å². The van der Waals surface area contributed by atoms with Crippen molar-refractivity contribution in [1.29, 1.82) is 0 Å². The summed E-state index contributed by atoms with van der Waals surface area (Å²) in [6, 6.07) is 7.34. The first-order chi connectivity index (χ1) is 11.1. The Balaban J connectivity index is 1.71. The molecule has 0 N–H and O–H groups in total. The molecule has 0 saturated heterocycles. The van der Waals surface area contributed by atoms with Gasteiger partial charge in [0.15, 0.2) is 0 Å². The van der Waals surface area contributed by atoms with Crippen molar-refractivity contribution < 1.29 is 14.5 Å². The number of hydrogen-bond acceptors (Lipinski definition) is 5. The van der Waals surface area contributed by atoms with E-state index in [1.54, 1.807) is 4.90 Å². The third-order valence-corrected chi connectivity index (χ3v) is 3.70. The predicted octanol–water partition coefficient (Wildman–Crippen LogP) is 2.00. The maximum atomic E-state index is 12.6. The smallest absolute Gasteiger partial charge is 0.306 e. The second-order valence-corrected chi connectivity index (χ2v) is 5.36. The van der Waals surface area contributed by atoms with Gasteiger partial charge in [0.05, 0.1) is 16.7 Å². The van der Waals surface area contributed by atoms with Gasteiger partial charge in [0, 0.05) is 13.0 Å². The van der Waals surface area contributed by atoms with Gasteiger partial charge < -0.3 is 9.64 Å². The van der Waals surface area contributed by atoms with E-state index in [1.165, 1.54) is 17.1 Å². The molecule has 1 amide bonds. The number of carbonyl (C=O) groups excluding carboxylic acids is 1. The van der Waals surface area contributed by atoms with Crippen LogP contribution in [-0.2, 0) is 11.3 Å². The lowest BCUT2D eigenvalue weighted by molar-refractivity contribution is -0.385. The van der Waals surface area contributed by atoms with Crippen LogP contribution in [0.5, 0.6) is 5.75 Å². The largest absolute Gasteiger partial charge is 0.489 e. The molecule has 120 valence electrons. The first-order valence-corrected chi connectivity index (χ1v) is 7.27. The minimum Gasteiger partial charge on any atom is -0.489 e. The van der Waals surface area contributed by atoms with Crippen molar-refractivity contribution in [3.8, 4) is 5.75 Å². The van der Waals surface area contributed by atoms with Crippen molar-refractivity contribution in [2.24, 2.45) is 0 Å². The summed E-state index contributed by atoms with van der Waals surface area (Å²) in [5.74, 6) is 0.625. The highest BCUT2D eigenvalue weighted by atomic mass is 16.6. The molecule has 8 nitrogen and oxygen atoms in total. The van der Waals surface area contributed by atoms with Crippen LogP contribution >= 0.6 is 0 Å². The van der Waals surface area contributed by atoms with Crippen molar-refractivity contribution in [3.05, 3.63) is 46.8 Å². The zero-order valence-corrected chi connectivity index (χ0v) is 12.6. The van der Waals surface area contributed by atoms with Crippen LogP contribution in [0.15, 0.2) is 36.7 Å². The van der Waals surface area contributed by atoms with Gasteiger partial charge in [0.1, 0.15) is 24.8 Å². The number of anilines is 1. The number of fused-ring (bicyclic) bond motifs is 1. The molecular weight excluding hydrogens is 300 g/mol. The Hall–Kier alpha value is -2.90. The van der Waals surface area contributed by atoms with E-state index in [2.05, 4.69) is 5.10 Å². The average Bonchev–Trinajstić information content (AvgIpc) is 3.02. The van der Waals surface area contributed by atoms with Gasteiger partial charge in [-0.25, -0.2) is 0 Å². The molecular formula is C15H16N4O4. The fourth-order valence-corrected chi connectivity index (χ4v) is 2.58. The molecule has 0 aliphatic carbocycles. The van der Waals surface area contributed by atoms with E-state index in [4.69, 9.17) is 4.74 Å². The number of benzene rings is 1. The second kappa shape index (κ2) is 6.07. The van der Waals surface area contributed by atoms with Crippen molar-refractivity contribution in [1.82, 2.24) is 9.78 Å². The molecule has 2 aromatic rings. The number of rotatable bonds is 4.